The lowest BCUT2D eigenvalue weighted by molar-refractivity contribution is 0.0940. The van der Waals surface area contributed by atoms with E-state index in [0.717, 1.165) is 0 Å². The first-order chi connectivity index (χ1) is 18.9. The van der Waals surface area contributed by atoms with E-state index in [2.05, 4.69) is 37.3 Å². The number of para-hydroxylation sites is 1. The SMILES string of the molecule is C[C@H](NC(=O)c1c(N)nn2cccnc12)c1nc2occ(C#Cc3cnn(C)c3)c2c(=O)n1-c1ccccc1. The maximum atomic E-state index is 13.9. The van der Waals surface area contributed by atoms with E-state index in [-0.39, 0.29) is 33.9 Å². The molecule has 0 saturated carbocycles. The summed E-state index contributed by atoms with van der Waals surface area (Å²) in [5.41, 5.74) is 7.84. The van der Waals surface area contributed by atoms with Crippen molar-refractivity contribution in [1.29, 1.82) is 0 Å². The monoisotopic (exact) mass is 519 g/mol. The molecule has 5 aromatic heterocycles. The molecule has 0 spiro atoms. The molecule has 192 valence electrons. The smallest absolute Gasteiger partial charge is 0.270 e. The van der Waals surface area contributed by atoms with Gasteiger partial charge >= 0.3 is 0 Å². The van der Waals surface area contributed by atoms with E-state index >= 15 is 0 Å². The van der Waals surface area contributed by atoms with Gasteiger partial charge in [-0.2, -0.15) is 10.1 Å². The largest absolute Gasteiger partial charge is 0.445 e. The third kappa shape index (κ3) is 4.17. The van der Waals surface area contributed by atoms with Gasteiger partial charge in [0.2, 0.25) is 5.71 Å². The van der Waals surface area contributed by atoms with Crippen LogP contribution in [-0.2, 0) is 7.05 Å². The van der Waals surface area contributed by atoms with Gasteiger partial charge in [-0.3, -0.25) is 18.8 Å². The van der Waals surface area contributed by atoms with Crippen molar-refractivity contribution in [3.8, 4) is 17.5 Å². The van der Waals surface area contributed by atoms with E-state index in [0.29, 0.717) is 22.5 Å². The number of hydrogen-bond acceptors (Lipinski definition) is 8. The zero-order valence-corrected chi connectivity index (χ0v) is 20.9. The Morgan fingerprint density at radius 3 is 2.77 bits per heavy atom. The summed E-state index contributed by atoms with van der Waals surface area (Å²) in [6.07, 6.45) is 7.99. The van der Waals surface area contributed by atoms with Crippen molar-refractivity contribution in [3.05, 3.63) is 100 Å². The first kappa shape index (κ1) is 23.7. The molecule has 0 fully saturated rings. The van der Waals surface area contributed by atoms with Crippen LogP contribution in [0.4, 0.5) is 5.82 Å². The first-order valence-corrected chi connectivity index (χ1v) is 11.9. The van der Waals surface area contributed by atoms with Crippen LogP contribution in [0.3, 0.4) is 0 Å². The Balaban J connectivity index is 1.45. The summed E-state index contributed by atoms with van der Waals surface area (Å²) in [7, 11) is 1.79. The Bertz CT molecular complexity index is 1990. The molecular weight excluding hydrogens is 498 g/mol. The van der Waals surface area contributed by atoms with Crippen molar-refractivity contribution >= 4 is 28.5 Å². The average molecular weight is 520 g/mol. The number of nitrogens with two attached hydrogens (primary N) is 1. The van der Waals surface area contributed by atoms with Crippen LogP contribution in [0.15, 0.2) is 76.7 Å². The summed E-state index contributed by atoms with van der Waals surface area (Å²) in [5.74, 6) is 5.77. The molecule has 0 radical (unpaired) electrons. The summed E-state index contributed by atoms with van der Waals surface area (Å²) in [6, 6.07) is 9.96. The number of aryl methyl sites for hydroxylation is 1. The molecule has 0 unspecified atom stereocenters. The summed E-state index contributed by atoms with van der Waals surface area (Å²) >= 11 is 0. The van der Waals surface area contributed by atoms with Crippen LogP contribution >= 0.6 is 0 Å². The normalized spacial score (nSPS) is 11.8. The zero-order chi connectivity index (χ0) is 27.1. The van der Waals surface area contributed by atoms with Crippen molar-refractivity contribution in [2.45, 2.75) is 13.0 Å². The lowest BCUT2D eigenvalue weighted by Gasteiger charge is -2.18. The van der Waals surface area contributed by atoms with Crippen molar-refractivity contribution < 1.29 is 9.21 Å². The lowest BCUT2D eigenvalue weighted by atomic mass is 10.2. The number of nitrogens with zero attached hydrogens (tertiary/aromatic N) is 7. The van der Waals surface area contributed by atoms with E-state index in [1.54, 1.807) is 61.6 Å². The summed E-state index contributed by atoms with van der Waals surface area (Å²) < 4.78 is 10.2. The molecule has 1 atom stereocenters. The highest BCUT2D eigenvalue weighted by Gasteiger charge is 2.25. The fourth-order valence-electron chi connectivity index (χ4n) is 4.30. The van der Waals surface area contributed by atoms with Crippen LogP contribution in [0.25, 0.3) is 22.4 Å². The van der Waals surface area contributed by atoms with E-state index < -0.39 is 11.9 Å². The van der Waals surface area contributed by atoms with Gasteiger partial charge in [-0.05, 0) is 25.1 Å². The van der Waals surface area contributed by atoms with Gasteiger partial charge in [0.15, 0.2) is 11.5 Å². The number of carbonyl (C=O) groups is 1. The summed E-state index contributed by atoms with van der Waals surface area (Å²) in [6.45, 7) is 1.71. The number of hydrogen-bond donors (Lipinski definition) is 2. The van der Waals surface area contributed by atoms with Crippen LogP contribution < -0.4 is 16.6 Å². The number of nitrogen functional groups attached to an aromatic ring is 1. The second-order valence-electron chi connectivity index (χ2n) is 8.77. The Hall–Kier alpha value is -5.70. The van der Waals surface area contributed by atoms with Crippen molar-refractivity contribution in [1.82, 2.24) is 39.2 Å². The van der Waals surface area contributed by atoms with E-state index in [1.807, 2.05) is 18.2 Å². The number of furan rings is 1. The Morgan fingerprint density at radius 2 is 2.00 bits per heavy atom. The molecule has 5 heterocycles. The molecular formula is C27H21N9O3. The van der Waals surface area contributed by atoms with Gasteiger partial charge in [0.1, 0.15) is 23.0 Å². The van der Waals surface area contributed by atoms with Crippen LogP contribution in [0, 0.1) is 11.8 Å². The maximum absolute atomic E-state index is 13.9. The number of benzene rings is 1. The van der Waals surface area contributed by atoms with Gasteiger partial charge in [0.25, 0.3) is 11.5 Å². The van der Waals surface area contributed by atoms with Crippen LogP contribution in [0.1, 0.15) is 40.3 Å². The average Bonchev–Trinajstić information content (AvgIpc) is 3.63. The molecule has 39 heavy (non-hydrogen) atoms. The molecule has 12 nitrogen and oxygen atoms in total. The molecule has 0 aliphatic rings. The van der Waals surface area contributed by atoms with Gasteiger partial charge in [-0.15, -0.1) is 5.10 Å². The predicted molar refractivity (Wildman–Crippen MR) is 142 cm³/mol. The molecule has 1 aromatic carbocycles. The number of nitrogens with one attached hydrogen (secondary N) is 1. The Labute approximate surface area is 220 Å². The molecule has 0 saturated heterocycles. The van der Waals surface area contributed by atoms with Gasteiger partial charge in [0, 0.05) is 25.6 Å². The molecule has 6 aromatic rings. The number of aromatic nitrogens is 7. The zero-order valence-electron chi connectivity index (χ0n) is 20.9. The third-order valence-electron chi connectivity index (χ3n) is 6.08. The van der Waals surface area contributed by atoms with E-state index in [1.165, 1.54) is 15.3 Å². The lowest BCUT2D eigenvalue weighted by Crippen LogP contribution is -2.33. The second kappa shape index (κ2) is 9.31. The quantitative estimate of drug-likeness (QED) is 0.337. The van der Waals surface area contributed by atoms with Crippen LogP contribution in [-0.4, -0.2) is 39.8 Å². The minimum atomic E-state index is -0.733. The fraction of sp³-hybridized carbons (Fsp3) is 0.111. The Kier molecular flexibility index (Phi) is 5.65. The molecule has 12 heteroatoms. The molecule has 3 N–H and O–H groups in total. The number of carbonyl (C=O) groups excluding carboxylic acids is 1. The number of amides is 1. The number of anilines is 1. The summed E-state index contributed by atoms with van der Waals surface area (Å²) in [5, 5.41) is 11.4. The molecule has 0 bridgehead atoms. The second-order valence-corrected chi connectivity index (χ2v) is 8.77. The molecule has 0 aliphatic carbocycles. The fourth-order valence-corrected chi connectivity index (χ4v) is 4.30. The van der Waals surface area contributed by atoms with Crippen molar-refractivity contribution in [2.24, 2.45) is 7.05 Å². The summed E-state index contributed by atoms with van der Waals surface area (Å²) in [4.78, 5) is 36.1. The van der Waals surface area contributed by atoms with Crippen LogP contribution in [0.5, 0.6) is 0 Å². The van der Waals surface area contributed by atoms with Crippen LogP contribution in [0.2, 0.25) is 0 Å². The number of fused-ring (bicyclic) bond motifs is 2. The van der Waals surface area contributed by atoms with Gasteiger partial charge in [-0.1, -0.05) is 30.0 Å². The maximum Gasteiger partial charge on any atom is 0.270 e. The Morgan fingerprint density at radius 1 is 1.18 bits per heavy atom. The number of rotatable bonds is 4. The highest BCUT2D eigenvalue weighted by molar-refractivity contribution is 6.04. The van der Waals surface area contributed by atoms with E-state index in [4.69, 9.17) is 10.2 Å². The van der Waals surface area contributed by atoms with Crippen molar-refractivity contribution in [3.63, 3.8) is 0 Å². The highest BCUT2D eigenvalue weighted by atomic mass is 16.3. The van der Waals surface area contributed by atoms with Gasteiger partial charge in [0.05, 0.1) is 29.1 Å². The minimum Gasteiger partial charge on any atom is -0.445 e. The van der Waals surface area contributed by atoms with Gasteiger partial charge in [-0.25, -0.2) is 9.50 Å². The topological polar surface area (TPSA) is 151 Å². The standard InChI is InChI=1S/C27H21N9O3/c1-16(31-25(37)21-22(28)33-35-12-6-11-29-24(21)35)23-32-26-20(27(38)36(23)19-7-4-3-5-8-19)18(15-39-26)10-9-17-13-30-34(2)14-17/h3-8,11-16H,1-2H3,(H2,28,33)(H,31,37)/t16-/m0/s1. The molecule has 1 amide bonds. The van der Waals surface area contributed by atoms with Crippen molar-refractivity contribution in [2.75, 3.05) is 5.73 Å². The molecule has 0 aliphatic heterocycles. The predicted octanol–water partition coefficient (Wildman–Crippen LogP) is 2.23. The van der Waals surface area contributed by atoms with Gasteiger partial charge < -0.3 is 15.5 Å². The first-order valence-electron chi connectivity index (χ1n) is 11.9. The minimum absolute atomic E-state index is 0.0325. The third-order valence-corrected chi connectivity index (χ3v) is 6.08. The molecule has 6 rings (SSSR count). The van der Waals surface area contributed by atoms with E-state index in [9.17, 15) is 9.59 Å². The highest BCUT2D eigenvalue weighted by Crippen LogP contribution is 2.23.